The normalized spacial score (nSPS) is 18.1. The predicted octanol–water partition coefficient (Wildman–Crippen LogP) is 5.24. The Labute approximate surface area is 277 Å². The molecule has 5 aromatic rings. The Morgan fingerprint density at radius 1 is 0.766 bits per heavy atom. The third-order valence-electron chi connectivity index (χ3n) is 9.45. The number of carbonyl (C=O) groups excluding carboxylic acids is 2. The second-order valence-corrected chi connectivity index (χ2v) is 13.5. The monoisotopic (exact) mass is 630 g/mol. The van der Waals surface area contributed by atoms with E-state index in [0.717, 1.165) is 44.9 Å². The van der Waals surface area contributed by atoms with E-state index in [0.29, 0.717) is 44.7 Å². The van der Waals surface area contributed by atoms with Crippen LogP contribution in [0.5, 0.6) is 0 Å². The molecule has 5 N–H and O–H groups in total. The summed E-state index contributed by atoms with van der Waals surface area (Å²) in [6.45, 7) is 5.15. The van der Waals surface area contributed by atoms with E-state index in [2.05, 4.69) is 84.5 Å². The maximum absolute atomic E-state index is 14.2. The minimum Gasteiger partial charge on any atom is -0.349 e. The lowest BCUT2D eigenvalue weighted by molar-refractivity contribution is -0.149. The molecule has 1 aromatic heterocycles. The number of carbonyl (C=O) groups is 2. The van der Waals surface area contributed by atoms with Gasteiger partial charge in [0.05, 0.1) is 12.1 Å². The number of benzene rings is 4. The lowest BCUT2D eigenvalue weighted by Gasteiger charge is -2.48. The zero-order valence-corrected chi connectivity index (χ0v) is 27.4. The van der Waals surface area contributed by atoms with Gasteiger partial charge in [0.2, 0.25) is 11.8 Å². The van der Waals surface area contributed by atoms with Gasteiger partial charge in [-0.25, -0.2) is 4.98 Å². The second-order valence-electron chi connectivity index (χ2n) is 13.5. The smallest absolute Gasteiger partial charge is 0.240 e. The lowest BCUT2D eigenvalue weighted by Crippen LogP contribution is -2.65. The van der Waals surface area contributed by atoms with Gasteiger partial charge < -0.3 is 26.3 Å². The van der Waals surface area contributed by atoms with Crippen molar-refractivity contribution in [2.75, 3.05) is 13.1 Å². The highest BCUT2D eigenvalue weighted by atomic mass is 16.2. The number of aryl methyl sites for hydroxylation is 1. The van der Waals surface area contributed by atoms with Crippen LogP contribution in [0.3, 0.4) is 0 Å². The Balaban J connectivity index is 1.22. The number of aromatic nitrogens is 2. The van der Waals surface area contributed by atoms with Crippen LogP contribution in [0.1, 0.15) is 43.6 Å². The zero-order valence-electron chi connectivity index (χ0n) is 27.4. The summed E-state index contributed by atoms with van der Waals surface area (Å²) in [5.41, 5.74) is 15.4. The van der Waals surface area contributed by atoms with Crippen LogP contribution < -0.4 is 11.5 Å². The average Bonchev–Trinajstić information content (AvgIpc) is 3.60. The van der Waals surface area contributed by atoms with E-state index in [1.807, 2.05) is 34.1 Å². The average molecular weight is 631 g/mol. The van der Waals surface area contributed by atoms with Gasteiger partial charge in [0.1, 0.15) is 5.82 Å². The number of hydrogen-bond donors (Lipinski definition) is 3. The van der Waals surface area contributed by atoms with Crippen molar-refractivity contribution in [3.8, 4) is 0 Å². The van der Waals surface area contributed by atoms with Crippen molar-refractivity contribution < 1.29 is 9.59 Å². The first-order chi connectivity index (χ1) is 22.7. The quantitative estimate of drug-likeness (QED) is 0.184. The number of H-pyrrole nitrogens is 1. The molecule has 0 spiro atoms. The standard InChI is InChI=1S/C39H46N6O2/c1-26(2)19-34-25-44(38(46)35(40)22-27-11-13-29-7-3-5-9-31(29)20-27)33(15-16-37-42-17-18-43-37)24-45(34)39(47)36(41)23-28-12-14-30-8-4-6-10-32(30)21-28/h3-14,17-18,20-21,26,33-36H,15-16,19,22-25,40-41H2,1-2H3,(H,42,43)/t33?,34-,35-,36?/m1/s1. The number of nitrogens with two attached hydrogens (primary N) is 2. The van der Waals surface area contributed by atoms with Crippen molar-refractivity contribution in [2.24, 2.45) is 17.4 Å². The molecule has 6 rings (SSSR count). The van der Waals surface area contributed by atoms with Crippen LogP contribution in [0.4, 0.5) is 0 Å². The molecular weight excluding hydrogens is 584 g/mol. The molecule has 1 aliphatic heterocycles. The van der Waals surface area contributed by atoms with Gasteiger partial charge in [0.25, 0.3) is 0 Å². The first-order valence-corrected chi connectivity index (χ1v) is 16.8. The number of fused-ring (bicyclic) bond motifs is 2. The van der Waals surface area contributed by atoms with Crippen molar-refractivity contribution in [1.82, 2.24) is 19.8 Å². The topological polar surface area (TPSA) is 121 Å². The predicted molar refractivity (Wildman–Crippen MR) is 189 cm³/mol. The van der Waals surface area contributed by atoms with Crippen molar-refractivity contribution >= 4 is 33.4 Å². The van der Waals surface area contributed by atoms with Crippen LogP contribution in [0, 0.1) is 5.92 Å². The molecule has 0 radical (unpaired) electrons. The molecule has 0 aliphatic carbocycles. The summed E-state index contributed by atoms with van der Waals surface area (Å²) in [5, 5.41) is 4.58. The fraction of sp³-hybridized carbons (Fsp3) is 0.359. The Kier molecular flexibility index (Phi) is 9.99. The fourth-order valence-corrected chi connectivity index (χ4v) is 7.06. The molecule has 2 heterocycles. The van der Waals surface area contributed by atoms with Crippen molar-refractivity contribution in [3.05, 3.63) is 114 Å². The number of piperazine rings is 1. The van der Waals surface area contributed by atoms with Crippen LogP contribution in [-0.4, -0.2) is 68.8 Å². The minimum absolute atomic E-state index is 0.0700. The molecule has 1 saturated heterocycles. The highest BCUT2D eigenvalue weighted by molar-refractivity contribution is 5.87. The first-order valence-electron chi connectivity index (χ1n) is 16.8. The van der Waals surface area contributed by atoms with E-state index in [-0.39, 0.29) is 23.9 Å². The largest absolute Gasteiger partial charge is 0.349 e. The summed E-state index contributed by atoms with van der Waals surface area (Å²) in [4.78, 5) is 39.8. The molecule has 4 aromatic carbocycles. The number of nitrogens with one attached hydrogen (secondary N) is 1. The van der Waals surface area contributed by atoms with Crippen LogP contribution in [0.2, 0.25) is 0 Å². The Morgan fingerprint density at radius 2 is 1.28 bits per heavy atom. The summed E-state index contributed by atoms with van der Waals surface area (Å²) in [6.07, 6.45) is 6.51. The third-order valence-corrected chi connectivity index (χ3v) is 9.45. The number of imidazole rings is 1. The number of hydrogen-bond acceptors (Lipinski definition) is 5. The number of rotatable bonds is 11. The molecule has 47 heavy (non-hydrogen) atoms. The Hall–Kier alpha value is -4.53. The summed E-state index contributed by atoms with van der Waals surface area (Å²) in [5.74, 6) is 1.03. The Morgan fingerprint density at radius 3 is 1.79 bits per heavy atom. The fourth-order valence-electron chi connectivity index (χ4n) is 7.06. The molecular formula is C39H46N6O2. The summed E-state index contributed by atoms with van der Waals surface area (Å²) >= 11 is 0. The first kappa shape index (κ1) is 32.4. The van der Waals surface area contributed by atoms with E-state index in [1.165, 1.54) is 0 Å². The third kappa shape index (κ3) is 7.72. The van der Waals surface area contributed by atoms with Crippen molar-refractivity contribution in [2.45, 2.75) is 70.1 Å². The van der Waals surface area contributed by atoms with E-state index in [1.54, 1.807) is 12.4 Å². The van der Waals surface area contributed by atoms with Crippen molar-refractivity contribution in [1.29, 1.82) is 0 Å². The number of aromatic amines is 1. The van der Waals surface area contributed by atoms with Crippen LogP contribution in [0.25, 0.3) is 21.5 Å². The molecule has 1 aliphatic rings. The van der Waals surface area contributed by atoms with Crippen LogP contribution in [0.15, 0.2) is 97.3 Å². The van der Waals surface area contributed by atoms with E-state index in [9.17, 15) is 9.59 Å². The van der Waals surface area contributed by atoms with Gasteiger partial charge in [-0.1, -0.05) is 98.8 Å². The molecule has 2 unspecified atom stereocenters. The summed E-state index contributed by atoms with van der Waals surface area (Å²) in [7, 11) is 0. The lowest BCUT2D eigenvalue weighted by atomic mass is 9.93. The molecule has 0 saturated carbocycles. The second kappa shape index (κ2) is 14.5. The molecule has 8 nitrogen and oxygen atoms in total. The number of amides is 2. The molecule has 2 amide bonds. The highest BCUT2D eigenvalue weighted by Crippen LogP contribution is 2.26. The molecule has 8 heteroatoms. The van der Waals surface area contributed by atoms with Crippen molar-refractivity contribution in [3.63, 3.8) is 0 Å². The SMILES string of the molecule is CC(C)C[C@@H]1CN(C(=O)[C@H](N)Cc2ccc3ccccc3c2)C(CCc2ncc[nH]2)CN1C(=O)C(N)Cc1ccc2ccccc2c1. The van der Waals surface area contributed by atoms with Gasteiger partial charge >= 0.3 is 0 Å². The van der Waals surface area contributed by atoms with Gasteiger partial charge in [-0.2, -0.15) is 0 Å². The van der Waals surface area contributed by atoms with Gasteiger partial charge in [-0.15, -0.1) is 0 Å². The zero-order chi connectivity index (χ0) is 32.9. The maximum Gasteiger partial charge on any atom is 0.240 e. The molecule has 0 bridgehead atoms. The summed E-state index contributed by atoms with van der Waals surface area (Å²) < 4.78 is 0. The molecule has 244 valence electrons. The maximum atomic E-state index is 14.2. The molecule has 4 atom stereocenters. The highest BCUT2D eigenvalue weighted by Gasteiger charge is 2.41. The van der Waals surface area contributed by atoms with E-state index >= 15 is 0 Å². The number of nitrogens with zero attached hydrogens (tertiary/aromatic N) is 3. The van der Waals surface area contributed by atoms with Crippen LogP contribution >= 0.6 is 0 Å². The van der Waals surface area contributed by atoms with Gasteiger partial charge in [-0.05, 0) is 64.3 Å². The van der Waals surface area contributed by atoms with Crippen LogP contribution in [-0.2, 0) is 28.9 Å². The minimum atomic E-state index is -0.695. The van der Waals surface area contributed by atoms with E-state index < -0.39 is 12.1 Å². The van der Waals surface area contributed by atoms with Gasteiger partial charge in [0.15, 0.2) is 0 Å². The summed E-state index contributed by atoms with van der Waals surface area (Å²) in [6, 6.07) is 27.2. The Bertz CT molecular complexity index is 1820. The van der Waals surface area contributed by atoms with E-state index in [4.69, 9.17) is 11.5 Å². The van der Waals surface area contributed by atoms with Gasteiger partial charge in [0, 0.05) is 44.0 Å². The molecule has 1 fully saturated rings. The van der Waals surface area contributed by atoms with Gasteiger partial charge in [-0.3, -0.25) is 9.59 Å².